The van der Waals surface area contributed by atoms with Crippen LogP contribution in [0.2, 0.25) is 20.1 Å². The molecule has 0 saturated carbocycles. The largest absolute Gasteiger partial charge is 1.00 e. The number of carboxylic acid groups (broad SMARTS) is 1. The normalized spacial score (nSPS) is 14.1. The molecule has 0 spiro atoms. The van der Waals surface area contributed by atoms with Gasteiger partial charge in [-0.15, -0.1) is 5.60 Å². The van der Waals surface area contributed by atoms with Gasteiger partial charge < -0.3 is 24.7 Å². The van der Waals surface area contributed by atoms with E-state index in [2.05, 4.69) is 34.1 Å². The minimum absolute atomic E-state index is 0. The molecule has 260 valence electrons. The van der Waals surface area contributed by atoms with E-state index in [1.807, 2.05) is 42.5 Å². The molecule has 12 heteroatoms. The van der Waals surface area contributed by atoms with Gasteiger partial charge in [0, 0.05) is 38.0 Å². The molecule has 1 N–H and O–H groups in total. The third-order valence-corrected chi connectivity index (χ3v) is 9.22. The smallest absolute Gasteiger partial charge is 0.850 e. The maximum absolute atomic E-state index is 12.0. The third kappa shape index (κ3) is 11.3. The fourth-order valence-corrected chi connectivity index (χ4v) is 6.68. The van der Waals surface area contributed by atoms with Crippen molar-refractivity contribution in [3.8, 4) is 0 Å². The predicted molar refractivity (Wildman–Crippen MR) is 198 cm³/mol. The molecule has 4 aromatic carbocycles. The van der Waals surface area contributed by atoms with Gasteiger partial charge in [-0.1, -0.05) is 128 Å². The molecule has 4 aromatic rings. The Morgan fingerprint density at radius 2 is 1.08 bits per heavy atom. The zero-order valence-electron chi connectivity index (χ0n) is 28.8. The van der Waals surface area contributed by atoms with Crippen LogP contribution in [-0.2, 0) is 4.74 Å². The van der Waals surface area contributed by atoms with Crippen LogP contribution >= 0.6 is 46.4 Å². The second-order valence-electron chi connectivity index (χ2n) is 12.7. The number of hydrogen-bond acceptors (Lipinski definition) is 6. The van der Waals surface area contributed by atoms with Crippen molar-refractivity contribution >= 4 is 69.7 Å². The van der Waals surface area contributed by atoms with Crippen LogP contribution in [0, 0.1) is 0 Å². The number of rotatable bonds is 7. The summed E-state index contributed by atoms with van der Waals surface area (Å²) in [4.78, 5) is 27.5. The van der Waals surface area contributed by atoms with Gasteiger partial charge in [-0.2, -0.15) is 0 Å². The molecule has 0 aliphatic carbocycles. The fraction of sp³-hybridized carbons (Fsp3) is 0.316. The van der Waals surface area contributed by atoms with Crippen molar-refractivity contribution in [2.45, 2.75) is 45.1 Å². The van der Waals surface area contributed by atoms with Crippen molar-refractivity contribution < 1.29 is 75.9 Å². The van der Waals surface area contributed by atoms with E-state index in [1.54, 1.807) is 45.9 Å². The number of benzene rings is 4. The average molecular weight is 785 g/mol. The summed E-state index contributed by atoms with van der Waals surface area (Å²) in [5, 5.41) is 20.3. The topological polar surface area (TPSA) is 93.1 Å². The first kappa shape index (κ1) is 42.6. The van der Waals surface area contributed by atoms with E-state index in [9.17, 15) is 19.8 Å². The van der Waals surface area contributed by atoms with Crippen LogP contribution < -0.4 is 66.3 Å². The van der Waals surface area contributed by atoms with Crippen LogP contribution in [0.5, 0.6) is 0 Å². The first-order valence-corrected chi connectivity index (χ1v) is 17.4. The molecule has 7 nitrogen and oxygen atoms in total. The van der Waals surface area contributed by atoms with Crippen LogP contribution in [-0.4, -0.2) is 55.4 Å². The van der Waals surface area contributed by atoms with E-state index < -0.39 is 17.5 Å². The Bertz CT molecular complexity index is 1740. The molecule has 0 amide bonds. The standard InChI is InChI=1S/C18H17Cl2NO2.C16H13Cl2NO2.C4H9O.K/c1-2-23-18(22)16-14(19)8-9-15(17(16)20)21-10-13(11-21)12-6-4-3-5-7-12;17-12-6-7-13(15(18)14(12)16(20)21)19-8-11(9-19)10-4-2-1-3-5-10;1-4(2,3)5;/h3-9,13H,2,10-11H2,1H3;1-7,11H,8-9H2,(H,20,21);1-3H3;/q;;-1;+1. The zero-order valence-corrected chi connectivity index (χ0v) is 34.9. The van der Waals surface area contributed by atoms with Crippen molar-refractivity contribution in [2.24, 2.45) is 0 Å². The Balaban J connectivity index is 0.000000235. The van der Waals surface area contributed by atoms with Crippen LogP contribution in [0.1, 0.15) is 71.4 Å². The minimum atomic E-state index is -1.10. The monoisotopic (exact) mass is 782 g/mol. The van der Waals surface area contributed by atoms with E-state index in [4.69, 9.17) is 51.1 Å². The van der Waals surface area contributed by atoms with Gasteiger partial charge >= 0.3 is 63.3 Å². The Morgan fingerprint density at radius 1 is 0.720 bits per heavy atom. The van der Waals surface area contributed by atoms with Gasteiger partial charge in [-0.25, -0.2) is 9.59 Å². The zero-order chi connectivity index (χ0) is 35.9. The molecule has 0 radical (unpaired) electrons. The van der Waals surface area contributed by atoms with E-state index >= 15 is 0 Å². The van der Waals surface area contributed by atoms with Crippen molar-refractivity contribution in [1.29, 1.82) is 0 Å². The van der Waals surface area contributed by atoms with Crippen LogP contribution in [0.15, 0.2) is 84.9 Å². The molecular formula is C38H39Cl4KN2O5. The quantitative estimate of drug-likeness (QED) is 0.176. The third-order valence-electron chi connectivity index (χ3n) is 7.82. The molecule has 2 saturated heterocycles. The number of hydrogen-bond donors (Lipinski definition) is 1. The van der Waals surface area contributed by atoms with Gasteiger partial charge in [0.2, 0.25) is 0 Å². The summed E-state index contributed by atoms with van der Waals surface area (Å²) in [7, 11) is 0. The number of nitrogens with zero attached hydrogens (tertiary/aromatic N) is 2. The Labute approximate surface area is 356 Å². The van der Waals surface area contributed by atoms with Crippen molar-refractivity contribution in [1.82, 2.24) is 0 Å². The van der Waals surface area contributed by atoms with E-state index in [1.165, 1.54) is 11.1 Å². The maximum atomic E-state index is 12.0. The van der Waals surface area contributed by atoms with Crippen molar-refractivity contribution in [3.63, 3.8) is 0 Å². The summed E-state index contributed by atoms with van der Waals surface area (Å²) in [5.41, 5.74) is 3.63. The molecule has 6 rings (SSSR count). The molecule has 50 heavy (non-hydrogen) atoms. The van der Waals surface area contributed by atoms with E-state index in [0.29, 0.717) is 21.9 Å². The second-order valence-corrected chi connectivity index (χ2v) is 14.2. The van der Waals surface area contributed by atoms with E-state index in [-0.39, 0.29) is 79.2 Å². The van der Waals surface area contributed by atoms with Crippen molar-refractivity contribution in [2.75, 3.05) is 42.6 Å². The minimum Gasteiger partial charge on any atom is -0.850 e. The summed E-state index contributed by atoms with van der Waals surface area (Å²) in [6, 6.07) is 27.5. The number of carbonyl (C=O) groups is 2. The number of carboxylic acids is 1. The molecule has 2 aliphatic heterocycles. The number of anilines is 2. The SMILES string of the molecule is CC(C)(C)[O-].CCOC(=O)c1c(Cl)ccc(N2CC(c3ccccc3)C2)c1Cl.O=C(O)c1c(Cl)ccc(N2CC(c3ccccc3)C2)c1Cl.[K+]. The van der Waals surface area contributed by atoms with Gasteiger partial charge in [0.25, 0.3) is 0 Å². The van der Waals surface area contributed by atoms with Gasteiger partial charge in [0.15, 0.2) is 0 Å². The fourth-order valence-electron chi connectivity index (χ4n) is 5.38. The van der Waals surface area contributed by atoms with Gasteiger partial charge in [-0.05, 0) is 42.3 Å². The maximum Gasteiger partial charge on any atom is 1.00 e. The van der Waals surface area contributed by atoms with Gasteiger partial charge in [0.05, 0.1) is 49.2 Å². The number of halogens is 4. The summed E-state index contributed by atoms with van der Waals surface area (Å²) in [5.74, 6) is -0.656. The van der Waals surface area contributed by atoms with Gasteiger partial charge in [0.1, 0.15) is 0 Å². The molecule has 0 bridgehead atoms. The molecule has 0 atom stereocenters. The van der Waals surface area contributed by atoms with E-state index in [0.717, 1.165) is 37.6 Å². The van der Waals surface area contributed by atoms with Crippen LogP contribution in [0.3, 0.4) is 0 Å². The Morgan fingerprint density at radius 3 is 1.44 bits per heavy atom. The summed E-state index contributed by atoms with van der Waals surface area (Å²) in [6.07, 6.45) is 0. The molecule has 0 unspecified atom stereocenters. The molecule has 2 aliphatic rings. The first-order chi connectivity index (χ1) is 23.2. The number of aromatic carboxylic acids is 1. The Kier molecular flexibility index (Phi) is 16.4. The first-order valence-electron chi connectivity index (χ1n) is 15.9. The van der Waals surface area contributed by atoms with Gasteiger partial charge in [-0.3, -0.25) is 0 Å². The number of esters is 1. The summed E-state index contributed by atoms with van der Waals surface area (Å²) >= 11 is 24.6. The summed E-state index contributed by atoms with van der Waals surface area (Å²) < 4.78 is 5.04. The molecular weight excluding hydrogens is 745 g/mol. The van der Waals surface area contributed by atoms with Crippen molar-refractivity contribution in [3.05, 3.63) is 127 Å². The Hall–Kier alpha value is -1.82. The number of carbonyl (C=O) groups excluding carboxylic acids is 1. The number of ether oxygens (including phenoxy) is 1. The van der Waals surface area contributed by atoms with Crippen LogP contribution in [0.4, 0.5) is 11.4 Å². The molecule has 2 heterocycles. The average Bonchev–Trinajstić information content (AvgIpc) is 2.98. The molecule has 2 fully saturated rings. The summed E-state index contributed by atoms with van der Waals surface area (Å²) in [6.45, 7) is 10.3. The van der Waals surface area contributed by atoms with Crippen LogP contribution in [0.25, 0.3) is 0 Å². The molecule has 0 aromatic heterocycles. The second kappa shape index (κ2) is 19.3. The predicted octanol–water partition coefficient (Wildman–Crippen LogP) is 6.22.